The fourth-order valence-corrected chi connectivity index (χ4v) is 1.59. The van der Waals surface area contributed by atoms with Crippen molar-refractivity contribution in [1.82, 2.24) is 5.32 Å². The van der Waals surface area contributed by atoms with Gasteiger partial charge in [-0.2, -0.15) is 0 Å². The normalized spacial score (nSPS) is 14.2. The van der Waals surface area contributed by atoms with Gasteiger partial charge in [-0.3, -0.25) is 10.1 Å². The molecule has 1 atom stereocenters. The maximum absolute atomic E-state index is 11.5. The van der Waals surface area contributed by atoms with E-state index < -0.39 is 11.4 Å². The zero-order valence-corrected chi connectivity index (χ0v) is 10.0. The first-order valence-electron chi connectivity index (χ1n) is 5.48. The molecule has 0 spiro atoms. The molecule has 1 rings (SSSR count). The van der Waals surface area contributed by atoms with Crippen molar-refractivity contribution in [2.24, 2.45) is 5.73 Å². The maximum Gasteiger partial charge on any atom is 0.242 e. The highest BCUT2D eigenvalue weighted by Crippen LogP contribution is 2.28. The Labute approximate surface area is 100 Å². The average Bonchev–Trinajstić information content (AvgIpc) is 2.24. The summed E-state index contributed by atoms with van der Waals surface area (Å²) in [5, 5.41) is 21.9. The number of nitrogens with one attached hydrogen (secondary N) is 1. The number of phenols is 2. The maximum atomic E-state index is 11.5. The first-order valence-corrected chi connectivity index (χ1v) is 5.48. The first kappa shape index (κ1) is 13.3. The molecule has 1 amide bonds. The summed E-state index contributed by atoms with van der Waals surface area (Å²) in [5.41, 5.74) is 4.71. The molecule has 0 saturated heterocycles. The molecule has 1 aromatic carbocycles. The predicted molar refractivity (Wildman–Crippen MR) is 64.6 cm³/mol. The van der Waals surface area contributed by atoms with Gasteiger partial charge in [-0.1, -0.05) is 6.92 Å². The van der Waals surface area contributed by atoms with E-state index in [0.717, 1.165) is 6.42 Å². The molecule has 94 valence electrons. The summed E-state index contributed by atoms with van der Waals surface area (Å²) in [5.74, 6) is -0.771. The monoisotopic (exact) mass is 238 g/mol. The second kappa shape index (κ2) is 5.05. The van der Waals surface area contributed by atoms with Gasteiger partial charge >= 0.3 is 0 Å². The van der Waals surface area contributed by atoms with Crippen molar-refractivity contribution in [2.75, 3.05) is 6.54 Å². The molecule has 0 heterocycles. The fraction of sp³-hybridized carbons (Fsp3) is 0.417. The number of primary amides is 1. The van der Waals surface area contributed by atoms with Crippen LogP contribution in [-0.4, -0.2) is 22.7 Å². The van der Waals surface area contributed by atoms with Gasteiger partial charge in [-0.25, -0.2) is 0 Å². The second-order valence-electron chi connectivity index (χ2n) is 4.15. The summed E-state index contributed by atoms with van der Waals surface area (Å²) >= 11 is 0. The van der Waals surface area contributed by atoms with Crippen LogP contribution in [0.2, 0.25) is 0 Å². The Morgan fingerprint density at radius 3 is 2.29 bits per heavy atom. The largest absolute Gasteiger partial charge is 0.508 e. The number of benzene rings is 1. The van der Waals surface area contributed by atoms with E-state index in [1.807, 2.05) is 6.92 Å². The van der Waals surface area contributed by atoms with Crippen LogP contribution >= 0.6 is 0 Å². The number of amides is 1. The Morgan fingerprint density at radius 1 is 1.35 bits per heavy atom. The third-order valence-electron chi connectivity index (χ3n) is 2.70. The summed E-state index contributed by atoms with van der Waals surface area (Å²) in [4.78, 5) is 11.5. The predicted octanol–water partition coefficient (Wildman–Crippen LogP) is 0.798. The average molecular weight is 238 g/mol. The lowest BCUT2D eigenvalue weighted by atomic mass is 9.90. The standard InChI is InChI=1S/C12H18N2O3/c1-3-4-14-12(2,11(13)17)8-5-9(15)7-10(16)6-8/h5-7,14-16H,3-4H2,1-2H3,(H2,13,17). The van der Waals surface area contributed by atoms with Crippen molar-refractivity contribution in [1.29, 1.82) is 0 Å². The Kier molecular flexibility index (Phi) is 3.96. The smallest absolute Gasteiger partial charge is 0.242 e. The molecule has 0 saturated carbocycles. The Morgan fingerprint density at radius 2 is 1.88 bits per heavy atom. The lowest BCUT2D eigenvalue weighted by Crippen LogP contribution is -2.50. The molecule has 0 radical (unpaired) electrons. The molecular weight excluding hydrogens is 220 g/mol. The molecule has 0 bridgehead atoms. The molecule has 5 heteroatoms. The van der Waals surface area contributed by atoms with Gasteiger partial charge in [-0.05, 0) is 37.6 Å². The zero-order valence-electron chi connectivity index (χ0n) is 10.0. The summed E-state index contributed by atoms with van der Waals surface area (Å²) in [6.45, 7) is 4.20. The Bertz CT molecular complexity index is 400. The van der Waals surface area contributed by atoms with Gasteiger partial charge in [0.25, 0.3) is 0 Å². The van der Waals surface area contributed by atoms with Crippen LogP contribution in [0.25, 0.3) is 0 Å². The van der Waals surface area contributed by atoms with Gasteiger partial charge in [0.15, 0.2) is 0 Å². The molecule has 17 heavy (non-hydrogen) atoms. The molecule has 0 aliphatic carbocycles. The molecule has 0 aliphatic heterocycles. The van der Waals surface area contributed by atoms with Gasteiger partial charge in [0.1, 0.15) is 17.0 Å². The van der Waals surface area contributed by atoms with Crippen molar-refractivity contribution < 1.29 is 15.0 Å². The van der Waals surface area contributed by atoms with Crippen molar-refractivity contribution >= 4 is 5.91 Å². The molecule has 5 nitrogen and oxygen atoms in total. The molecule has 1 unspecified atom stereocenters. The van der Waals surface area contributed by atoms with E-state index in [9.17, 15) is 15.0 Å². The minimum atomic E-state index is -1.10. The van der Waals surface area contributed by atoms with E-state index in [0.29, 0.717) is 12.1 Å². The Balaban J connectivity index is 3.17. The molecule has 0 fully saturated rings. The number of carbonyl (C=O) groups excluding carboxylic acids is 1. The molecule has 0 aromatic heterocycles. The van der Waals surface area contributed by atoms with Crippen molar-refractivity contribution in [3.8, 4) is 11.5 Å². The molecule has 1 aromatic rings. The summed E-state index contributed by atoms with van der Waals surface area (Å²) in [7, 11) is 0. The van der Waals surface area contributed by atoms with Crippen molar-refractivity contribution in [3.63, 3.8) is 0 Å². The number of hydrogen-bond acceptors (Lipinski definition) is 4. The third kappa shape index (κ3) is 2.88. The molecule has 0 aliphatic rings. The van der Waals surface area contributed by atoms with Gasteiger partial charge in [0.2, 0.25) is 5.91 Å². The third-order valence-corrected chi connectivity index (χ3v) is 2.70. The SMILES string of the molecule is CCCNC(C)(C(N)=O)c1cc(O)cc(O)c1. The van der Waals surface area contributed by atoms with Crippen LogP contribution in [0.5, 0.6) is 11.5 Å². The number of nitrogens with two attached hydrogens (primary N) is 1. The van der Waals surface area contributed by atoms with Crippen molar-refractivity contribution in [2.45, 2.75) is 25.8 Å². The van der Waals surface area contributed by atoms with Crippen LogP contribution in [0.4, 0.5) is 0 Å². The topological polar surface area (TPSA) is 95.6 Å². The zero-order chi connectivity index (χ0) is 13.1. The molecule has 5 N–H and O–H groups in total. The van der Waals surface area contributed by atoms with E-state index in [4.69, 9.17) is 5.73 Å². The number of hydrogen-bond donors (Lipinski definition) is 4. The van der Waals surface area contributed by atoms with Crippen LogP contribution in [0, 0.1) is 0 Å². The minimum absolute atomic E-state index is 0.106. The van der Waals surface area contributed by atoms with Crippen LogP contribution in [0.15, 0.2) is 18.2 Å². The van der Waals surface area contributed by atoms with Crippen LogP contribution in [0.3, 0.4) is 0 Å². The van der Waals surface area contributed by atoms with E-state index in [-0.39, 0.29) is 11.5 Å². The highest BCUT2D eigenvalue weighted by atomic mass is 16.3. The van der Waals surface area contributed by atoms with Gasteiger partial charge in [0.05, 0.1) is 0 Å². The van der Waals surface area contributed by atoms with E-state index >= 15 is 0 Å². The molecular formula is C12H18N2O3. The van der Waals surface area contributed by atoms with E-state index in [1.165, 1.54) is 18.2 Å². The first-order chi connectivity index (χ1) is 7.90. The van der Waals surface area contributed by atoms with Crippen molar-refractivity contribution in [3.05, 3.63) is 23.8 Å². The van der Waals surface area contributed by atoms with Crippen LogP contribution in [-0.2, 0) is 10.3 Å². The van der Waals surface area contributed by atoms with Gasteiger partial charge in [0, 0.05) is 6.07 Å². The summed E-state index contributed by atoms with van der Waals surface area (Å²) in [6, 6.07) is 4.02. The number of carbonyl (C=O) groups is 1. The number of rotatable bonds is 5. The van der Waals surface area contributed by atoms with Crippen LogP contribution in [0.1, 0.15) is 25.8 Å². The lowest BCUT2D eigenvalue weighted by Gasteiger charge is -2.28. The van der Waals surface area contributed by atoms with Gasteiger partial charge < -0.3 is 15.9 Å². The summed E-state index contributed by atoms with van der Waals surface area (Å²) < 4.78 is 0. The highest BCUT2D eigenvalue weighted by Gasteiger charge is 2.33. The van der Waals surface area contributed by atoms with Gasteiger partial charge in [-0.15, -0.1) is 0 Å². The minimum Gasteiger partial charge on any atom is -0.508 e. The summed E-state index contributed by atoms with van der Waals surface area (Å²) in [6.07, 6.45) is 0.841. The second-order valence-corrected chi connectivity index (χ2v) is 4.15. The van der Waals surface area contributed by atoms with Crippen LogP contribution < -0.4 is 11.1 Å². The van der Waals surface area contributed by atoms with E-state index in [1.54, 1.807) is 6.92 Å². The number of phenolic OH excluding ortho intramolecular Hbond substituents is 2. The number of aromatic hydroxyl groups is 2. The van der Waals surface area contributed by atoms with E-state index in [2.05, 4.69) is 5.32 Å². The quantitative estimate of drug-likeness (QED) is 0.610. The Hall–Kier alpha value is -1.75. The highest BCUT2D eigenvalue weighted by molar-refractivity contribution is 5.86. The fourth-order valence-electron chi connectivity index (χ4n) is 1.59. The lowest BCUT2D eigenvalue weighted by molar-refractivity contribution is -0.124.